The fraction of sp³-hybridized carbons (Fsp3) is 0.647. The maximum absolute atomic E-state index is 9.65. The van der Waals surface area contributed by atoms with Crippen LogP contribution in [-0.4, -0.2) is 50.0 Å². The molecule has 0 aromatic heterocycles. The quantitative estimate of drug-likeness (QED) is 0.800. The monoisotopic (exact) mass is 293 g/mol. The smallest absolute Gasteiger partial charge is 0.119 e. The number of ether oxygens (including phenoxy) is 2. The molecule has 0 amide bonds. The van der Waals surface area contributed by atoms with Gasteiger partial charge in [-0.1, -0.05) is 13.3 Å². The number of benzene rings is 1. The normalized spacial score (nSPS) is 22.4. The summed E-state index contributed by atoms with van der Waals surface area (Å²) >= 11 is 0. The molecule has 4 nitrogen and oxygen atoms in total. The van der Waals surface area contributed by atoms with Crippen LogP contribution in [0.1, 0.15) is 26.2 Å². The lowest BCUT2D eigenvalue weighted by atomic mass is 9.83. The van der Waals surface area contributed by atoms with Gasteiger partial charge in [-0.25, -0.2) is 0 Å². The summed E-state index contributed by atoms with van der Waals surface area (Å²) in [5.41, 5.74) is 0.120. The molecular weight excluding hydrogens is 266 g/mol. The van der Waals surface area contributed by atoms with Crippen LogP contribution in [0.2, 0.25) is 0 Å². The van der Waals surface area contributed by atoms with E-state index in [1.807, 2.05) is 24.3 Å². The molecule has 1 unspecified atom stereocenters. The van der Waals surface area contributed by atoms with Gasteiger partial charge in [-0.15, -0.1) is 0 Å². The number of hydrogen-bond donors (Lipinski definition) is 1. The van der Waals surface area contributed by atoms with E-state index in [2.05, 4.69) is 11.8 Å². The Labute approximate surface area is 127 Å². The zero-order valence-corrected chi connectivity index (χ0v) is 13.2. The van der Waals surface area contributed by atoms with Crippen molar-refractivity contribution in [2.24, 2.45) is 5.41 Å². The molecule has 4 heteroatoms. The van der Waals surface area contributed by atoms with Gasteiger partial charge < -0.3 is 14.6 Å². The minimum absolute atomic E-state index is 0.120. The van der Waals surface area contributed by atoms with Crippen molar-refractivity contribution in [2.75, 3.05) is 40.0 Å². The SMILES string of the molecule is CCCC1(CO)CCN(CCOc2ccc(OC)cc2)C1. The summed E-state index contributed by atoms with van der Waals surface area (Å²) in [6.45, 7) is 6.14. The summed E-state index contributed by atoms with van der Waals surface area (Å²) in [6.07, 6.45) is 3.34. The average Bonchev–Trinajstić information content (AvgIpc) is 2.92. The van der Waals surface area contributed by atoms with Crippen molar-refractivity contribution in [3.8, 4) is 11.5 Å². The zero-order valence-electron chi connectivity index (χ0n) is 13.2. The van der Waals surface area contributed by atoms with E-state index < -0.39 is 0 Å². The topological polar surface area (TPSA) is 41.9 Å². The molecule has 1 aliphatic heterocycles. The third-order valence-corrected chi connectivity index (χ3v) is 4.37. The van der Waals surface area contributed by atoms with Crippen LogP contribution in [0.15, 0.2) is 24.3 Å². The van der Waals surface area contributed by atoms with Crippen LogP contribution in [0.25, 0.3) is 0 Å². The molecule has 0 radical (unpaired) electrons. The van der Waals surface area contributed by atoms with Gasteiger partial charge in [0, 0.05) is 25.1 Å². The molecule has 0 spiro atoms. The number of likely N-dealkylation sites (tertiary alicyclic amines) is 1. The van der Waals surface area contributed by atoms with Gasteiger partial charge in [0.2, 0.25) is 0 Å². The summed E-state index contributed by atoms with van der Waals surface area (Å²) in [6, 6.07) is 7.67. The predicted octanol–water partition coefficient (Wildman–Crippen LogP) is 2.56. The fourth-order valence-corrected chi connectivity index (χ4v) is 3.13. The highest BCUT2D eigenvalue weighted by Gasteiger charge is 2.36. The summed E-state index contributed by atoms with van der Waals surface area (Å²) in [5, 5.41) is 9.65. The second kappa shape index (κ2) is 7.66. The van der Waals surface area contributed by atoms with E-state index in [-0.39, 0.29) is 5.41 Å². The summed E-state index contributed by atoms with van der Waals surface area (Å²) < 4.78 is 10.9. The molecule has 1 atom stereocenters. The third-order valence-electron chi connectivity index (χ3n) is 4.37. The lowest BCUT2D eigenvalue weighted by Crippen LogP contribution is -2.32. The van der Waals surface area contributed by atoms with Crippen molar-refractivity contribution < 1.29 is 14.6 Å². The molecule has 0 aliphatic carbocycles. The maximum Gasteiger partial charge on any atom is 0.119 e. The van der Waals surface area contributed by atoms with Crippen molar-refractivity contribution >= 4 is 0 Å². The summed E-state index contributed by atoms with van der Waals surface area (Å²) in [5.74, 6) is 1.71. The zero-order chi connectivity index (χ0) is 15.1. The van der Waals surface area contributed by atoms with Crippen LogP contribution in [-0.2, 0) is 0 Å². The summed E-state index contributed by atoms with van der Waals surface area (Å²) in [7, 11) is 1.66. The molecule has 0 saturated carbocycles. The number of rotatable bonds is 8. The van der Waals surface area contributed by atoms with E-state index in [1.54, 1.807) is 7.11 Å². The van der Waals surface area contributed by atoms with Gasteiger partial charge in [0.25, 0.3) is 0 Å². The lowest BCUT2D eigenvalue weighted by Gasteiger charge is -2.26. The molecule has 118 valence electrons. The Bertz CT molecular complexity index is 421. The highest BCUT2D eigenvalue weighted by Crippen LogP contribution is 2.34. The van der Waals surface area contributed by atoms with Crippen molar-refractivity contribution in [3.63, 3.8) is 0 Å². The van der Waals surface area contributed by atoms with E-state index in [4.69, 9.17) is 9.47 Å². The molecule has 1 N–H and O–H groups in total. The van der Waals surface area contributed by atoms with Crippen LogP contribution < -0.4 is 9.47 Å². The van der Waals surface area contributed by atoms with Gasteiger partial charge >= 0.3 is 0 Å². The number of hydrogen-bond acceptors (Lipinski definition) is 4. The van der Waals surface area contributed by atoms with Crippen LogP contribution >= 0.6 is 0 Å². The highest BCUT2D eigenvalue weighted by atomic mass is 16.5. The average molecular weight is 293 g/mol. The van der Waals surface area contributed by atoms with Crippen molar-refractivity contribution in [1.29, 1.82) is 0 Å². The second-order valence-corrected chi connectivity index (χ2v) is 5.96. The Kier molecular flexibility index (Phi) is 5.88. The van der Waals surface area contributed by atoms with Crippen molar-refractivity contribution in [2.45, 2.75) is 26.2 Å². The van der Waals surface area contributed by atoms with E-state index in [0.29, 0.717) is 13.2 Å². The number of aliphatic hydroxyl groups excluding tert-OH is 1. The number of methoxy groups -OCH3 is 1. The van der Waals surface area contributed by atoms with Crippen LogP contribution in [0.4, 0.5) is 0 Å². The molecular formula is C17H27NO3. The minimum Gasteiger partial charge on any atom is -0.497 e. The van der Waals surface area contributed by atoms with E-state index >= 15 is 0 Å². The highest BCUT2D eigenvalue weighted by molar-refractivity contribution is 5.31. The molecule has 21 heavy (non-hydrogen) atoms. The molecule has 1 aromatic rings. The van der Waals surface area contributed by atoms with Gasteiger partial charge in [-0.05, 0) is 43.7 Å². The first-order valence-electron chi connectivity index (χ1n) is 7.81. The Hall–Kier alpha value is -1.26. The molecule has 1 aliphatic rings. The fourth-order valence-electron chi connectivity index (χ4n) is 3.13. The molecule has 1 saturated heterocycles. The molecule has 1 aromatic carbocycles. The Morgan fingerprint density at radius 3 is 2.57 bits per heavy atom. The first kappa shape index (κ1) is 16.1. The largest absolute Gasteiger partial charge is 0.497 e. The molecule has 2 rings (SSSR count). The Morgan fingerprint density at radius 1 is 1.24 bits per heavy atom. The number of aliphatic hydroxyl groups is 1. The number of nitrogens with zero attached hydrogens (tertiary/aromatic N) is 1. The van der Waals surface area contributed by atoms with Gasteiger partial charge in [0.15, 0.2) is 0 Å². The molecule has 0 bridgehead atoms. The minimum atomic E-state index is 0.120. The molecule has 1 heterocycles. The van der Waals surface area contributed by atoms with E-state index in [0.717, 1.165) is 50.4 Å². The van der Waals surface area contributed by atoms with Crippen LogP contribution in [0.5, 0.6) is 11.5 Å². The van der Waals surface area contributed by atoms with E-state index in [9.17, 15) is 5.11 Å². The second-order valence-electron chi connectivity index (χ2n) is 5.96. The van der Waals surface area contributed by atoms with Gasteiger partial charge in [-0.2, -0.15) is 0 Å². The predicted molar refractivity (Wildman–Crippen MR) is 84.0 cm³/mol. The van der Waals surface area contributed by atoms with Gasteiger partial charge in [-0.3, -0.25) is 4.90 Å². The maximum atomic E-state index is 9.65. The Morgan fingerprint density at radius 2 is 1.95 bits per heavy atom. The third kappa shape index (κ3) is 4.35. The van der Waals surface area contributed by atoms with E-state index in [1.165, 1.54) is 0 Å². The van der Waals surface area contributed by atoms with Gasteiger partial charge in [0.05, 0.1) is 7.11 Å². The van der Waals surface area contributed by atoms with Crippen LogP contribution in [0, 0.1) is 5.41 Å². The first-order chi connectivity index (χ1) is 10.2. The van der Waals surface area contributed by atoms with Crippen molar-refractivity contribution in [1.82, 2.24) is 4.90 Å². The first-order valence-corrected chi connectivity index (χ1v) is 7.81. The standard InChI is InChI=1S/C17H27NO3/c1-3-8-17(14-19)9-10-18(13-17)11-12-21-16-6-4-15(20-2)5-7-16/h4-7,19H,3,8-14H2,1-2H3. The van der Waals surface area contributed by atoms with Crippen LogP contribution in [0.3, 0.4) is 0 Å². The lowest BCUT2D eigenvalue weighted by molar-refractivity contribution is 0.115. The van der Waals surface area contributed by atoms with Crippen molar-refractivity contribution in [3.05, 3.63) is 24.3 Å². The Balaban J connectivity index is 1.74. The van der Waals surface area contributed by atoms with Gasteiger partial charge in [0.1, 0.15) is 18.1 Å². The summed E-state index contributed by atoms with van der Waals surface area (Å²) in [4.78, 5) is 2.40. The molecule has 1 fully saturated rings.